The Kier molecular flexibility index (Phi) is 3.84. The third-order valence-electron chi connectivity index (χ3n) is 4.14. The van der Waals surface area contributed by atoms with Gasteiger partial charge in [-0.25, -0.2) is 9.97 Å². The summed E-state index contributed by atoms with van der Waals surface area (Å²) >= 11 is 3.45. The van der Waals surface area contributed by atoms with Gasteiger partial charge in [0.15, 0.2) is 5.82 Å². The van der Waals surface area contributed by atoms with Crippen LogP contribution in [-0.4, -0.2) is 27.4 Å². The maximum atomic E-state index is 11.8. The number of esters is 1. The van der Waals surface area contributed by atoms with Gasteiger partial charge in [-0.2, -0.15) is 0 Å². The molecule has 0 spiro atoms. The summed E-state index contributed by atoms with van der Waals surface area (Å²) in [6.45, 7) is 0. The summed E-state index contributed by atoms with van der Waals surface area (Å²) in [6.07, 6.45) is 7.19. The van der Waals surface area contributed by atoms with Gasteiger partial charge in [0, 0.05) is 18.3 Å². The van der Waals surface area contributed by atoms with Crippen molar-refractivity contribution < 1.29 is 9.53 Å². The van der Waals surface area contributed by atoms with E-state index >= 15 is 0 Å². The maximum absolute atomic E-state index is 11.8. The predicted molar refractivity (Wildman–Crippen MR) is 81.8 cm³/mol. The van der Waals surface area contributed by atoms with Crippen LogP contribution >= 0.6 is 15.9 Å². The smallest absolute Gasteiger partial charge is 0.308 e. The van der Waals surface area contributed by atoms with E-state index in [1.807, 2.05) is 10.6 Å². The van der Waals surface area contributed by atoms with Crippen LogP contribution in [0.3, 0.4) is 0 Å². The predicted octanol–water partition coefficient (Wildman–Crippen LogP) is 2.52. The molecule has 0 amide bonds. The number of aromatic nitrogens is 3. The first-order valence-electron chi connectivity index (χ1n) is 6.97. The Hall–Kier alpha value is -1.63. The Morgan fingerprint density at radius 2 is 2.33 bits per heavy atom. The zero-order valence-corrected chi connectivity index (χ0v) is 13.3. The van der Waals surface area contributed by atoms with Gasteiger partial charge >= 0.3 is 5.97 Å². The minimum absolute atomic E-state index is 0.0425. The van der Waals surface area contributed by atoms with Crippen LogP contribution in [0.15, 0.2) is 17.0 Å². The molecule has 3 rings (SSSR count). The summed E-state index contributed by atoms with van der Waals surface area (Å²) in [5.74, 6) is 1.44. The van der Waals surface area contributed by atoms with E-state index in [0.29, 0.717) is 10.4 Å². The Morgan fingerprint density at radius 3 is 3.10 bits per heavy atom. The number of hydrogen-bond acceptors (Lipinski definition) is 5. The zero-order valence-electron chi connectivity index (χ0n) is 11.8. The lowest BCUT2D eigenvalue weighted by Crippen LogP contribution is -2.24. The number of imidazole rings is 1. The summed E-state index contributed by atoms with van der Waals surface area (Å²) in [4.78, 5) is 20.5. The van der Waals surface area contributed by atoms with E-state index in [1.165, 1.54) is 7.11 Å². The number of carbonyl (C=O) groups excluding carboxylic acids is 1. The fraction of sp³-hybridized carbons (Fsp3) is 0.500. The van der Waals surface area contributed by atoms with Crippen LogP contribution in [0.25, 0.3) is 5.52 Å². The maximum Gasteiger partial charge on any atom is 0.308 e. The Labute approximate surface area is 130 Å². The number of nitrogens with two attached hydrogens (primary N) is 1. The first kappa shape index (κ1) is 14.3. The number of fused-ring (bicyclic) bond motifs is 1. The average molecular weight is 353 g/mol. The Balaban J connectivity index is 1.97. The molecule has 2 aromatic rings. The van der Waals surface area contributed by atoms with Crippen molar-refractivity contribution in [3.05, 3.63) is 22.8 Å². The van der Waals surface area contributed by atoms with E-state index in [-0.39, 0.29) is 17.8 Å². The highest BCUT2D eigenvalue weighted by Gasteiger charge is 2.31. The van der Waals surface area contributed by atoms with Gasteiger partial charge in [0.2, 0.25) is 0 Å². The average Bonchev–Trinajstić information content (AvgIpc) is 2.85. The highest BCUT2D eigenvalue weighted by molar-refractivity contribution is 9.10. The molecule has 6 nitrogen and oxygen atoms in total. The summed E-state index contributed by atoms with van der Waals surface area (Å²) in [6, 6.07) is 0. The second-order valence-corrected chi connectivity index (χ2v) is 6.13. The van der Waals surface area contributed by atoms with Gasteiger partial charge in [-0.15, -0.1) is 0 Å². The number of hydrogen-bond donors (Lipinski definition) is 1. The summed E-state index contributed by atoms with van der Waals surface area (Å²) in [5, 5.41) is 0. The van der Waals surface area contributed by atoms with Gasteiger partial charge in [-0.1, -0.05) is 6.42 Å². The second-order valence-electron chi connectivity index (χ2n) is 5.38. The summed E-state index contributed by atoms with van der Waals surface area (Å²) in [5.41, 5.74) is 6.71. The number of nitrogen functional groups attached to an aromatic ring is 1. The number of rotatable bonds is 2. The van der Waals surface area contributed by atoms with Crippen LogP contribution in [0.5, 0.6) is 0 Å². The quantitative estimate of drug-likeness (QED) is 0.839. The van der Waals surface area contributed by atoms with Crippen molar-refractivity contribution in [1.29, 1.82) is 0 Å². The lowest BCUT2D eigenvalue weighted by Gasteiger charge is -2.26. The monoisotopic (exact) mass is 352 g/mol. The zero-order chi connectivity index (χ0) is 15.0. The van der Waals surface area contributed by atoms with Crippen LogP contribution < -0.4 is 5.73 Å². The fourth-order valence-corrected chi connectivity index (χ4v) is 3.71. The lowest BCUT2D eigenvalue weighted by atomic mass is 9.81. The largest absolute Gasteiger partial charge is 0.469 e. The Morgan fingerprint density at radius 1 is 1.52 bits per heavy atom. The van der Waals surface area contributed by atoms with Crippen molar-refractivity contribution in [3.8, 4) is 0 Å². The number of ether oxygens (including phenoxy) is 1. The van der Waals surface area contributed by atoms with E-state index in [0.717, 1.165) is 37.0 Å². The topological polar surface area (TPSA) is 82.5 Å². The van der Waals surface area contributed by atoms with Crippen molar-refractivity contribution in [2.75, 3.05) is 12.8 Å². The van der Waals surface area contributed by atoms with Gasteiger partial charge in [-0.05, 0) is 35.2 Å². The molecule has 2 aromatic heterocycles. The van der Waals surface area contributed by atoms with E-state index < -0.39 is 0 Å². The molecule has 21 heavy (non-hydrogen) atoms. The van der Waals surface area contributed by atoms with Crippen LogP contribution in [0.1, 0.15) is 37.4 Å². The molecule has 1 aliphatic rings. The fourth-order valence-electron chi connectivity index (χ4n) is 3.14. The van der Waals surface area contributed by atoms with Gasteiger partial charge in [0.25, 0.3) is 0 Å². The highest BCUT2D eigenvalue weighted by Crippen LogP contribution is 2.38. The third-order valence-corrected chi connectivity index (χ3v) is 4.69. The van der Waals surface area contributed by atoms with Crippen LogP contribution in [0.2, 0.25) is 0 Å². The first-order chi connectivity index (χ1) is 10.1. The number of carbonyl (C=O) groups is 1. The van der Waals surface area contributed by atoms with E-state index in [1.54, 1.807) is 6.20 Å². The minimum atomic E-state index is -0.124. The van der Waals surface area contributed by atoms with Gasteiger partial charge in [0.1, 0.15) is 15.9 Å². The van der Waals surface area contributed by atoms with Crippen molar-refractivity contribution >= 4 is 33.2 Å². The molecule has 1 aliphatic carbocycles. The minimum Gasteiger partial charge on any atom is -0.469 e. The molecule has 2 atom stereocenters. The molecule has 0 saturated heterocycles. The molecule has 0 radical (unpaired) electrons. The standard InChI is InChI=1S/C14H17BrN4O2/c1-21-14(20)9-4-2-3-8(7-9)13-18-11(15)10-12(16)17-5-6-19(10)13/h5-6,8-9H,2-4,7H2,1H3,(H2,16,17)/t8-,9+/m1/s1. The van der Waals surface area contributed by atoms with Gasteiger partial charge in [-0.3, -0.25) is 9.20 Å². The summed E-state index contributed by atoms with van der Waals surface area (Å²) < 4.78 is 7.55. The molecule has 112 valence electrons. The second kappa shape index (κ2) is 5.63. The molecule has 2 N–H and O–H groups in total. The van der Waals surface area contributed by atoms with Crippen LogP contribution in [-0.2, 0) is 9.53 Å². The molecule has 0 aliphatic heterocycles. The molecular formula is C14H17BrN4O2. The van der Waals surface area contributed by atoms with Crippen molar-refractivity contribution in [2.45, 2.75) is 31.6 Å². The van der Waals surface area contributed by atoms with Crippen molar-refractivity contribution in [1.82, 2.24) is 14.4 Å². The molecule has 7 heteroatoms. The van der Waals surface area contributed by atoms with Gasteiger partial charge < -0.3 is 10.5 Å². The number of halogens is 1. The van der Waals surface area contributed by atoms with E-state index in [9.17, 15) is 4.79 Å². The van der Waals surface area contributed by atoms with Crippen molar-refractivity contribution in [2.24, 2.45) is 5.92 Å². The molecule has 1 fully saturated rings. The van der Waals surface area contributed by atoms with Crippen LogP contribution in [0, 0.1) is 5.92 Å². The number of anilines is 1. The molecular weight excluding hydrogens is 336 g/mol. The highest BCUT2D eigenvalue weighted by atomic mass is 79.9. The van der Waals surface area contributed by atoms with E-state index in [2.05, 4.69) is 25.9 Å². The van der Waals surface area contributed by atoms with E-state index in [4.69, 9.17) is 10.5 Å². The lowest BCUT2D eigenvalue weighted by molar-refractivity contribution is -0.146. The SMILES string of the molecule is COC(=O)[C@H]1CCC[C@@H](c2nc(Br)c3c(N)nccn23)C1. The first-order valence-corrected chi connectivity index (χ1v) is 7.77. The normalized spacial score (nSPS) is 22.4. The molecule has 2 heterocycles. The number of nitrogens with zero attached hydrogens (tertiary/aromatic N) is 3. The molecule has 0 unspecified atom stereocenters. The molecule has 0 bridgehead atoms. The number of methoxy groups -OCH3 is 1. The molecule has 0 aromatic carbocycles. The third kappa shape index (κ3) is 2.50. The van der Waals surface area contributed by atoms with Crippen LogP contribution in [0.4, 0.5) is 5.82 Å². The van der Waals surface area contributed by atoms with Crippen molar-refractivity contribution in [3.63, 3.8) is 0 Å². The molecule has 1 saturated carbocycles. The summed E-state index contributed by atoms with van der Waals surface area (Å²) in [7, 11) is 1.44. The Bertz CT molecular complexity index is 685. The van der Waals surface area contributed by atoms with Gasteiger partial charge in [0.05, 0.1) is 13.0 Å².